The van der Waals surface area contributed by atoms with Crippen LogP contribution in [0.25, 0.3) is 5.69 Å². The smallest absolute Gasteiger partial charge is 0.342 e. The quantitative estimate of drug-likeness (QED) is 0.386. The van der Waals surface area contributed by atoms with Crippen molar-refractivity contribution >= 4 is 17.7 Å². The number of rotatable bonds is 8. The number of anilines is 1. The van der Waals surface area contributed by atoms with Gasteiger partial charge in [0.1, 0.15) is 35.4 Å². The van der Waals surface area contributed by atoms with Gasteiger partial charge in [-0.1, -0.05) is 42.5 Å². The molecular weight excluding hydrogens is 451 g/mol. The molecular formula is C26H19FN4O4. The van der Waals surface area contributed by atoms with E-state index in [4.69, 9.17) is 9.47 Å². The number of nitriles is 1. The Balaban J connectivity index is 1.40. The van der Waals surface area contributed by atoms with E-state index in [1.807, 2.05) is 12.1 Å². The predicted octanol–water partition coefficient (Wildman–Crippen LogP) is 4.26. The van der Waals surface area contributed by atoms with Crippen LogP contribution in [0.5, 0.6) is 5.75 Å². The van der Waals surface area contributed by atoms with Crippen LogP contribution < -0.4 is 10.1 Å². The van der Waals surface area contributed by atoms with Gasteiger partial charge in [-0.3, -0.25) is 4.79 Å². The number of amides is 1. The van der Waals surface area contributed by atoms with E-state index in [1.165, 1.54) is 29.1 Å². The maximum atomic E-state index is 13.1. The Labute approximate surface area is 200 Å². The zero-order valence-corrected chi connectivity index (χ0v) is 18.3. The fourth-order valence-electron chi connectivity index (χ4n) is 3.20. The summed E-state index contributed by atoms with van der Waals surface area (Å²) in [5.74, 6) is -1.33. The van der Waals surface area contributed by atoms with Crippen molar-refractivity contribution in [3.63, 3.8) is 0 Å². The molecule has 0 unspecified atom stereocenters. The van der Waals surface area contributed by atoms with Crippen LogP contribution in [-0.2, 0) is 16.1 Å². The molecule has 0 fully saturated rings. The summed E-state index contributed by atoms with van der Waals surface area (Å²) in [6.45, 7) is -0.471. The molecule has 8 nitrogen and oxygen atoms in total. The Morgan fingerprint density at radius 1 is 1.00 bits per heavy atom. The average molecular weight is 470 g/mol. The highest BCUT2D eigenvalue weighted by Crippen LogP contribution is 2.22. The number of halogens is 1. The normalized spacial score (nSPS) is 10.3. The Bertz CT molecular complexity index is 1380. The fourth-order valence-corrected chi connectivity index (χ4v) is 3.20. The lowest BCUT2D eigenvalue weighted by Crippen LogP contribution is -2.23. The summed E-state index contributed by atoms with van der Waals surface area (Å²) in [4.78, 5) is 25.2. The van der Waals surface area contributed by atoms with Crippen LogP contribution in [-0.4, -0.2) is 28.3 Å². The summed E-state index contributed by atoms with van der Waals surface area (Å²) in [5.41, 5.74) is 1.66. The van der Waals surface area contributed by atoms with Gasteiger partial charge in [0.05, 0.1) is 11.9 Å². The van der Waals surface area contributed by atoms with Gasteiger partial charge in [0.2, 0.25) is 0 Å². The Kier molecular flexibility index (Phi) is 7.13. The maximum absolute atomic E-state index is 13.1. The molecule has 0 spiro atoms. The third kappa shape index (κ3) is 5.69. The largest absolute Gasteiger partial charge is 0.488 e. The number of nitrogens with one attached hydrogen (secondary N) is 1. The number of carbonyl (C=O) groups excluding carboxylic acids is 2. The van der Waals surface area contributed by atoms with Crippen molar-refractivity contribution in [3.05, 3.63) is 108 Å². The minimum absolute atomic E-state index is 0.117. The highest BCUT2D eigenvalue weighted by atomic mass is 19.1. The molecule has 3 aromatic carbocycles. The molecule has 0 radical (unpaired) electrons. The summed E-state index contributed by atoms with van der Waals surface area (Å²) in [6.07, 6.45) is 1.34. The lowest BCUT2D eigenvalue weighted by molar-refractivity contribution is -0.119. The fraction of sp³-hybridized carbons (Fsp3) is 0.0769. The summed E-state index contributed by atoms with van der Waals surface area (Å²) < 4.78 is 25.4. The number of nitrogens with zero attached hydrogens (tertiary/aromatic N) is 3. The van der Waals surface area contributed by atoms with Crippen LogP contribution in [0.4, 0.5) is 10.2 Å². The van der Waals surface area contributed by atoms with E-state index < -0.39 is 18.5 Å². The molecule has 4 aromatic rings. The number of ether oxygens (including phenoxy) is 2. The van der Waals surface area contributed by atoms with Gasteiger partial charge in [-0.2, -0.15) is 10.4 Å². The van der Waals surface area contributed by atoms with E-state index in [-0.39, 0.29) is 35.1 Å². The zero-order valence-electron chi connectivity index (χ0n) is 18.3. The van der Waals surface area contributed by atoms with Gasteiger partial charge in [0.15, 0.2) is 12.4 Å². The molecule has 1 amide bonds. The van der Waals surface area contributed by atoms with Crippen molar-refractivity contribution in [2.45, 2.75) is 6.61 Å². The Morgan fingerprint density at radius 2 is 1.71 bits per heavy atom. The minimum Gasteiger partial charge on any atom is -0.488 e. The number of esters is 1. The van der Waals surface area contributed by atoms with Crippen molar-refractivity contribution < 1.29 is 23.5 Å². The third-order valence-corrected chi connectivity index (χ3v) is 4.90. The van der Waals surface area contributed by atoms with Crippen molar-refractivity contribution in [2.75, 3.05) is 11.9 Å². The molecule has 0 saturated heterocycles. The van der Waals surface area contributed by atoms with E-state index in [2.05, 4.69) is 10.4 Å². The molecule has 9 heteroatoms. The van der Waals surface area contributed by atoms with Gasteiger partial charge < -0.3 is 14.8 Å². The molecule has 35 heavy (non-hydrogen) atoms. The lowest BCUT2D eigenvalue weighted by atomic mass is 10.2. The molecule has 0 atom stereocenters. The van der Waals surface area contributed by atoms with Gasteiger partial charge in [-0.25, -0.2) is 13.9 Å². The average Bonchev–Trinajstić information content (AvgIpc) is 3.30. The van der Waals surface area contributed by atoms with Crippen LogP contribution in [0.3, 0.4) is 0 Å². The van der Waals surface area contributed by atoms with E-state index >= 15 is 0 Å². The summed E-state index contributed by atoms with van der Waals surface area (Å²) in [7, 11) is 0. The molecule has 1 heterocycles. The second kappa shape index (κ2) is 10.8. The zero-order chi connectivity index (χ0) is 24.6. The van der Waals surface area contributed by atoms with Gasteiger partial charge >= 0.3 is 5.97 Å². The Morgan fingerprint density at radius 3 is 2.46 bits per heavy atom. The summed E-state index contributed by atoms with van der Waals surface area (Å²) in [6, 6.07) is 23.2. The van der Waals surface area contributed by atoms with Gasteiger partial charge in [0, 0.05) is 0 Å². The molecule has 0 bridgehead atoms. The molecule has 174 valence electrons. The minimum atomic E-state index is -0.757. The first-order valence-corrected chi connectivity index (χ1v) is 10.5. The highest BCUT2D eigenvalue weighted by molar-refractivity contribution is 5.97. The number of para-hydroxylation sites is 2. The number of carbonyl (C=O) groups is 2. The summed E-state index contributed by atoms with van der Waals surface area (Å²) in [5, 5.41) is 16.1. The van der Waals surface area contributed by atoms with Crippen molar-refractivity contribution in [2.24, 2.45) is 0 Å². The molecule has 0 aliphatic heterocycles. The molecule has 0 aliphatic rings. The first kappa shape index (κ1) is 23.2. The van der Waals surface area contributed by atoms with E-state index in [0.717, 1.165) is 5.56 Å². The number of hydrogen-bond donors (Lipinski definition) is 1. The van der Waals surface area contributed by atoms with Crippen molar-refractivity contribution in [1.29, 1.82) is 5.26 Å². The van der Waals surface area contributed by atoms with E-state index in [9.17, 15) is 19.2 Å². The molecule has 1 N–H and O–H groups in total. The van der Waals surface area contributed by atoms with E-state index in [0.29, 0.717) is 5.69 Å². The summed E-state index contributed by atoms with van der Waals surface area (Å²) >= 11 is 0. The predicted molar refractivity (Wildman–Crippen MR) is 124 cm³/mol. The molecule has 4 rings (SSSR count). The van der Waals surface area contributed by atoms with Gasteiger partial charge in [-0.15, -0.1) is 0 Å². The number of aromatic nitrogens is 2. The maximum Gasteiger partial charge on any atom is 0.342 e. The third-order valence-electron chi connectivity index (χ3n) is 4.90. The van der Waals surface area contributed by atoms with Crippen LogP contribution in [0.2, 0.25) is 0 Å². The topological polar surface area (TPSA) is 106 Å². The lowest BCUT2D eigenvalue weighted by Gasteiger charge is -2.12. The second-order valence-electron chi connectivity index (χ2n) is 7.30. The second-order valence-corrected chi connectivity index (χ2v) is 7.30. The van der Waals surface area contributed by atoms with Crippen LogP contribution in [0.15, 0.2) is 85.1 Å². The number of benzene rings is 3. The molecule has 0 saturated carbocycles. The highest BCUT2D eigenvalue weighted by Gasteiger charge is 2.18. The number of hydrogen-bond acceptors (Lipinski definition) is 6. The van der Waals surface area contributed by atoms with Crippen molar-refractivity contribution in [3.8, 4) is 17.5 Å². The first-order chi connectivity index (χ1) is 17.0. The standard InChI is InChI=1S/C26H19FN4O4/c27-20-12-10-18(11-13-20)16-34-23-9-5-4-8-22(23)26(33)35-17-24(32)30-25-19(14-28)15-29-31(25)21-6-2-1-3-7-21/h1-13,15H,16-17H2,(H,30,32). The SMILES string of the molecule is N#Cc1cnn(-c2ccccc2)c1NC(=O)COC(=O)c1ccccc1OCc1ccc(F)cc1. The van der Waals surface area contributed by atoms with E-state index in [1.54, 1.807) is 54.6 Å². The van der Waals surface area contributed by atoms with Crippen LogP contribution in [0.1, 0.15) is 21.5 Å². The van der Waals surface area contributed by atoms with Crippen LogP contribution >= 0.6 is 0 Å². The Hall–Kier alpha value is -4.97. The molecule has 1 aromatic heterocycles. The van der Waals surface area contributed by atoms with Gasteiger partial charge in [-0.05, 0) is 42.0 Å². The van der Waals surface area contributed by atoms with Crippen LogP contribution in [0, 0.1) is 17.1 Å². The molecule has 0 aliphatic carbocycles. The van der Waals surface area contributed by atoms with Crippen molar-refractivity contribution in [1.82, 2.24) is 9.78 Å². The first-order valence-electron chi connectivity index (χ1n) is 10.5. The monoisotopic (exact) mass is 470 g/mol. The van der Waals surface area contributed by atoms with Gasteiger partial charge in [0.25, 0.3) is 5.91 Å².